The highest BCUT2D eigenvalue weighted by Gasteiger charge is 2.14. The van der Waals surface area contributed by atoms with E-state index in [0.29, 0.717) is 12.5 Å². The standard InChI is InChI=1S/C21H28N2O2/c1-15(2)17-7-9-19(10-8-17)22-21(24)14-23(4)13-18-12-16(3)6-11-20(18)25-5/h6-12,15H,13-14H2,1-5H3,(H,22,24)/p+1. The summed E-state index contributed by atoms with van der Waals surface area (Å²) in [6, 6.07) is 14.2. The second kappa shape index (κ2) is 8.67. The van der Waals surface area contributed by atoms with Gasteiger partial charge in [-0.15, -0.1) is 0 Å². The molecule has 4 heteroatoms. The Kier molecular flexibility index (Phi) is 6.59. The number of methoxy groups -OCH3 is 1. The summed E-state index contributed by atoms with van der Waals surface area (Å²) in [4.78, 5) is 13.4. The molecule has 0 fully saturated rings. The predicted octanol–water partition coefficient (Wildman–Crippen LogP) is 2.78. The van der Waals surface area contributed by atoms with Gasteiger partial charge in [-0.2, -0.15) is 0 Å². The smallest absolute Gasteiger partial charge is 0.279 e. The fraction of sp³-hybridized carbons (Fsp3) is 0.381. The molecule has 0 radical (unpaired) electrons. The van der Waals surface area contributed by atoms with Crippen molar-refractivity contribution in [2.45, 2.75) is 33.2 Å². The van der Waals surface area contributed by atoms with E-state index in [2.05, 4.69) is 44.3 Å². The van der Waals surface area contributed by atoms with E-state index in [1.54, 1.807) is 7.11 Å². The van der Waals surface area contributed by atoms with Crippen LogP contribution in [0.1, 0.15) is 36.5 Å². The highest BCUT2D eigenvalue weighted by Crippen LogP contribution is 2.19. The van der Waals surface area contributed by atoms with Crippen molar-refractivity contribution in [2.24, 2.45) is 0 Å². The molecular formula is C21H29N2O2+. The normalized spacial score (nSPS) is 12.1. The number of ether oxygens (including phenoxy) is 1. The van der Waals surface area contributed by atoms with Gasteiger partial charge in [-0.3, -0.25) is 4.79 Å². The minimum Gasteiger partial charge on any atom is -0.496 e. The van der Waals surface area contributed by atoms with Gasteiger partial charge in [0.05, 0.1) is 14.2 Å². The Hall–Kier alpha value is -2.33. The van der Waals surface area contributed by atoms with Gasteiger partial charge in [0.1, 0.15) is 12.3 Å². The lowest BCUT2D eigenvalue weighted by atomic mass is 10.0. The summed E-state index contributed by atoms with van der Waals surface area (Å²) in [6.07, 6.45) is 0. The van der Waals surface area contributed by atoms with Crippen molar-refractivity contribution < 1.29 is 14.4 Å². The molecule has 4 nitrogen and oxygen atoms in total. The van der Waals surface area contributed by atoms with E-state index in [1.807, 2.05) is 31.3 Å². The van der Waals surface area contributed by atoms with Crippen LogP contribution < -0.4 is 15.0 Å². The average molecular weight is 341 g/mol. The number of anilines is 1. The summed E-state index contributed by atoms with van der Waals surface area (Å²) >= 11 is 0. The molecule has 25 heavy (non-hydrogen) atoms. The third-order valence-electron chi connectivity index (χ3n) is 4.25. The Morgan fingerprint density at radius 3 is 2.44 bits per heavy atom. The van der Waals surface area contributed by atoms with Crippen LogP contribution >= 0.6 is 0 Å². The molecule has 2 N–H and O–H groups in total. The Labute approximate surface area is 150 Å². The zero-order chi connectivity index (χ0) is 18.4. The molecule has 0 bridgehead atoms. The Morgan fingerprint density at radius 2 is 1.84 bits per heavy atom. The first kappa shape index (κ1) is 19.0. The summed E-state index contributed by atoms with van der Waals surface area (Å²) in [6.45, 7) is 7.52. The van der Waals surface area contributed by atoms with Crippen molar-refractivity contribution in [1.82, 2.24) is 0 Å². The number of hydrogen-bond acceptors (Lipinski definition) is 2. The number of benzene rings is 2. The lowest BCUT2D eigenvalue weighted by Gasteiger charge is -2.16. The van der Waals surface area contributed by atoms with Crippen molar-refractivity contribution in [3.05, 3.63) is 59.2 Å². The van der Waals surface area contributed by atoms with Crippen LogP contribution in [-0.4, -0.2) is 26.6 Å². The molecule has 0 saturated carbocycles. The second-order valence-corrected chi connectivity index (χ2v) is 6.95. The summed E-state index contributed by atoms with van der Waals surface area (Å²) < 4.78 is 5.42. The molecule has 0 heterocycles. The predicted molar refractivity (Wildman–Crippen MR) is 102 cm³/mol. The van der Waals surface area contributed by atoms with Gasteiger partial charge in [-0.05, 0) is 42.7 Å². The van der Waals surface area contributed by atoms with E-state index in [-0.39, 0.29) is 5.91 Å². The molecule has 2 aromatic rings. The molecule has 1 amide bonds. The van der Waals surface area contributed by atoms with E-state index in [0.717, 1.165) is 28.4 Å². The SMILES string of the molecule is COc1ccc(C)cc1C[NH+](C)CC(=O)Nc1ccc(C(C)C)cc1. The molecule has 0 spiro atoms. The first-order valence-corrected chi connectivity index (χ1v) is 8.73. The van der Waals surface area contributed by atoms with Gasteiger partial charge in [-0.25, -0.2) is 0 Å². The number of hydrogen-bond donors (Lipinski definition) is 2. The van der Waals surface area contributed by atoms with E-state index >= 15 is 0 Å². The topological polar surface area (TPSA) is 42.8 Å². The Bertz CT molecular complexity index is 708. The number of quaternary nitrogens is 1. The third kappa shape index (κ3) is 5.61. The van der Waals surface area contributed by atoms with Gasteiger partial charge >= 0.3 is 0 Å². The zero-order valence-corrected chi connectivity index (χ0v) is 15.8. The summed E-state index contributed by atoms with van der Waals surface area (Å²) in [7, 11) is 3.69. The number of carbonyl (C=O) groups excluding carboxylic acids is 1. The fourth-order valence-corrected chi connectivity index (χ4v) is 2.86. The van der Waals surface area contributed by atoms with Crippen molar-refractivity contribution in [2.75, 3.05) is 26.0 Å². The van der Waals surface area contributed by atoms with Crippen LogP contribution in [0.3, 0.4) is 0 Å². The largest absolute Gasteiger partial charge is 0.496 e. The maximum absolute atomic E-state index is 12.3. The molecule has 0 aliphatic carbocycles. The Balaban J connectivity index is 1.93. The zero-order valence-electron chi connectivity index (χ0n) is 15.8. The first-order valence-electron chi connectivity index (χ1n) is 8.73. The van der Waals surface area contributed by atoms with E-state index in [4.69, 9.17) is 4.74 Å². The van der Waals surface area contributed by atoms with Crippen molar-refractivity contribution in [3.63, 3.8) is 0 Å². The lowest BCUT2D eigenvalue weighted by Crippen LogP contribution is -3.08. The van der Waals surface area contributed by atoms with Crippen LogP contribution in [0.25, 0.3) is 0 Å². The molecule has 1 unspecified atom stereocenters. The van der Waals surface area contributed by atoms with E-state index in [1.165, 1.54) is 11.1 Å². The van der Waals surface area contributed by atoms with Crippen LogP contribution in [0.5, 0.6) is 5.75 Å². The third-order valence-corrected chi connectivity index (χ3v) is 4.25. The van der Waals surface area contributed by atoms with Gasteiger partial charge in [0.25, 0.3) is 5.91 Å². The highest BCUT2D eigenvalue weighted by atomic mass is 16.5. The number of aryl methyl sites for hydroxylation is 1. The monoisotopic (exact) mass is 341 g/mol. The number of likely N-dealkylation sites (N-methyl/N-ethyl adjacent to an activating group) is 1. The summed E-state index contributed by atoms with van der Waals surface area (Å²) in [5.41, 5.74) is 4.43. The van der Waals surface area contributed by atoms with Crippen molar-refractivity contribution in [3.8, 4) is 5.75 Å². The summed E-state index contributed by atoms with van der Waals surface area (Å²) in [5.74, 6) is 1.38. The number of amides is 1. The fourth-order valence-electron chi connectivity index (χ4n) is 2.86. The summed E-state index contributed by atoms with van der Waals surface area (Å²) in [5, 5.41) is 2.97. The number of nitrogens with one attached hydrogen (secondary N) is 2. The van der Waals surface area contributed by atoms with Crippen molar-refractivity contribution in [1.29, 1.82) is 0 Å². The molecule has 0 saturated heterocycles. The van der Waals surface area contributed by atoms with E-state index in [9.17, 15) is 4.79 Å². The number of rotatable bonds is 7. The maximum Gasteiger partial charge on any atom is 0.279 e. The van der Waals surface area contributed by atoms with E-state index < -0.39 is 0 Å². The van der Waals surface area contributed by atoms with Gasteiger partial charge in [0.15, 0.2) is 6.54 Å². The second-order valence-electron chi connectivity index (χ2n) is 6.95. The molecule has 0 aromatic heterocycles. The van der Waals surface area contributed by atoms with Crippen molar-refractivity contribution >= 4 is 11.6 Å². The minimum absolute atomic E-state index is 0.0152. The van der Waals surface area contributed by atoms with Crippen LogP contribution in [0.4, 0.5) is 5.69 Å². The highest BCUT2D eigenvalue weighted by molar-refractivity contribution is 5.91. The van der Waals surface area contributed by atoms with Gasteiger partial charge < -0.3 is 15.0 Å². The molecule has 2 aromatic carbocycles. The molecule has 134 valence electrons. The molecule has 0 aliphatic rings. The lowest BCUT2D eigenvalue weighted by molar-refractivity contribution is -0.885. The van der Waals surface area contributed by atoms with Gasteiger partial charge in [0, 0.05) is 11.3 Å². The quantitative estimate of drug-likeness (QED) is 0.813. The molecule has 1 atom stereocenters. The molecule has 2 rings (SSSR count). The molecular weight excluding hydrogens is 312 g/mol. The van der Waals surface area contributed by atoms with Crippen LogP contribution in [0.2, 0.25) is 0 Å². The van der Waals surface area contributed by atoms with Crippen LogP contribution in [0.15, 0.2) is 42.5 Å². The minimum atomic E-state index is 0.0152. The Morgan fingerprint density at radius 1 is 1.16 bits per heavy atom. The van der Waals surface area contributed by atoms with Gasteiger partial charge in [0.2, 0.25) is 0 Å². The number of carbonyl (C=O) groups is 1. The average Bonchev–Trinajstić information content (AvgIpc) is 2.55. The van der Waals surface area contributed by atoms with Gasteiger partial charge in [-0.1, -0.05) is 37.6 Å². The van der Waals surface area contributed by atoms with Crippen LogP contribution in [0, 0.1) is 6.92 Å². The molecule has 0 aliphatic heterocycles. The maximum atomic E-state index is 12.3. The van der Waals surface area contributed by atoms with Crippen LogP contribution in [-0.2, 0) is 11.3 Å². The first-order chi connectivity index (χ1) is 11.9.